The van der Waals surface area contributed by atoms with Gasteiger partial charge in [-0.05, 0) is 38.0 Å². The zero-order chi connectivity index (χ0) is 14.8. The van der Waals surface area contributed by atoms with Crippen LogP contribution in [0, 0.1) is 5.82 Å². The standard InChI is InChI=1S/C13H19FN2O3S/c1-13(5-2-6-19-9-13)16-20(17,18)11-3-4-12(14)10(7-11)8-15/h3-4,7,16H,2,5-6,8-9,15H2,1H3. The van der Waals surface area contributed by atoms with Gasteiger partial charge in [-0.2, -0.15) is 0 Å². The average molecular weight is 302 g/mol. The van der Waals surface area contributed by atoms with E-state index in [2.05, 4.69) is 4.72 Å². The molecule has 20 heavy (non-hydrogen) atoms. The van der Waals surface area contributed by atoms with Crippen molar-refractivity contribution in [3.63, 3.8) is 0 Å². The zero-order valence-corrected chi connectivity index (χ0v) is 12.2. The lowest BCUT2D eigenvalue weighted by Gasteiger charge is -2.33. The summed E-state index contributed by atoms with van der Waals surface area (Å²) in [6.45, 7) is 2.73. The van der Waals surface area contributed by atoms with Gasteiger partial charge >= 0.3 is 0 Å². The summed E-state index contributed by atoms with van der Waals surface area (Å²) in [5, 5.41) is 0. The van der Waals surface area contributed by atoms with Crippen LogP contribution in [0.5, 0.6) is 0 Å². The molecule has 0 radical (unpaired) electrons. The van der Waals surface area contributed by atoms with Gasteiger partial charge in [0, 0.05) is 18.7 Å². The maximum absolute atomic E-state index is 13.4. The average Bonchev–Trinajstić information content (AvgIpc) is 2.38. The highest BCUT2D eigenvalue weighted by atomic mass is 32.2. The van der Waals surface area contributed by atoms with E-state index in [4.69, 9.17) is 10.5 Å². The molecule has 3 N–H and O–H groups in total. The summed E-state index contributed by atoms with van der Waals surface area (Å²) in [5.74, 6) is -0.501. The summed E-state index contributed by atoms with van der Waals surface area (Å²) < 4.78 is 46.1. The smallest absolute Gasteiger partial charge is 0.241 e. The number of halogens is 1. The lowest BCUT2D eigenvalue weighted by Crippen LogP contribution is -2.51. The van der Waals surface area contributed by atoms with E-state index < -0.39 is 21.4 Å². The van der Waals surface area contributed by atoms with E-state index >= 15 is 0 Å². The Labute approximate surface area is 118 Å². The number of rotatable bonds is 4. The number of nitrogens with two attached hydrogens (primary N) is 1. The SMILES string of the molecule is CC1(NS(=O)(=O)c2ccc(F)c(CN)c2)CCCOC1. The van der Waals surface area contributed by atoms with Crippen molar-refractivity contribution in [1.29, 1.82) is 0 Å². The molecule has 1 saturated heterocycles. The van der Waals surface area contributed by atoms with Gasteiger partial charge in [0.1, 0.15) is 5.82 Å². The van der Waals surface area contributed by atoms with Gasteiger partial charge in [-0.1, -0.05) is 0 Å². The molecule has 0 bridgehead atoms. The molecule has 0 aliphatic carbocycles. The number of sulfonamides is 1. The van der Waals surface area contributed by atoms with Crippen LogP contribution >= 0.6 is 0 Å². The van der Waals surface area contributed by atoms with Crippen LogP contribution < -0.4 is 10.5 Å². The molecule has 1 aromatic carbocycles. The zero-order valence-electron chi connectivity index (χ0n) is 11.4. The lowest BCUT2D eigenvalue weighted by atomic mass is 9.97. The Hall–Kier alpha value is -1.02. The van der Waals surface area contributed by atoms with Gasteiger partial charge in [-0.15, -0.1) is 0 Å². The van der Waals surface area contributed by atoms with E-state index in [9.17, 15) is 12.8 Å². The number of nitrogens with one attached hydrogen (secondary N) is 1. The maximum atomic E-state index is 13.4. The van der Waals surface area contributed by atoms with E-state index in [0.29, 0.717) is 19.6 Å². The van der Waals surface area contributed by atoms with Gasteiger partial charge in [-0.25, -0.2) is 17.5 Å². The predicted octanol–water partition coefficient (Wildman–Crippen LogP) is 1.13. The van der Waals surface area contributed by atoms with Gasteiger partial charge in [-0.3, -0.25) is 0 Å². The second kappa shape index (κ2) is 5.77. The summed E-state index contributed by atoms with van der Waals surface area (Å²) in [7, 11) is -3.72. The molecule has 1 aliphatic heterocycles. The summed E-state index contributed by atoms with van der Waals surface area (Å²) in [6.07, 6.45) is 1.51. The first-order chi connectivity index (χ1) is 9.36. The minimum Gasteiger partial charge on any atom is -0.380 e. The van der Waals surface area contributed by atoms with Gasteiger partial charge in [0.2, 0.25) is 10.0 Å². The molecular formula is C13H19FN2O3S. The molecule has 1 aliphatic rings. The predicted molar refractivity (Wildman–Crippen MR) is 73.1 cm³/mol. The molecule has 0 spiro atoms. The van der Waals surface area contributed by atoms with Crippen molar-refractivity contribution < 1.29 is 17.5 Å². The third kappa shape index (κ3) is 3.35. The van der Waals surface area contributed by atoms with E-state index in [1.54, 1.807) is 6.92 Å². The van der Waals surface area contributed by atoms with Crippen LogP contribution in [0.15, 0.2) is 23.1 Å². The molecule has 1 atom stereocenters. The van der Waals surface area contributed by atoms with Crippen molar-refractivity contribution >= 4 is 10.0 Å². The first-order valence-corrected chi connectivity index (χ1v) is 7.95. The molecule has 7 heteroatoms. The highest BCUT2D eigenvalue weighted by Crippen LogP contribution is 2.22. The third-order valence-electron chi connectivity index (χ3n) is 3.37. The molecular weight excluding hydrogens is 283 g/mol. The van der Waals surface area contributed by atoms with Crippen LogP contribution in [0.1, 0.15) is 25.3 Å². The lowest BCUT2D eigenvalue weighted by molar-refractivity contribution is 0.0386. The molecule has 1 unspecified atom stereocenters. The fraction of sp³-hybridized carbons (Fsp3) is 0.538. The number of hydrogen-bond donors (Lipinski definition) is 2. The van der Waals surface area contributed by atoms with Crippen molar-refractivity contribution in [2.75, 3.05) is 13.2 Å². The summed E-state index contributed by atoms with van der Waals surface area (Å²) in [5.41, 5.74) is 4.95. The molecule has 112 valence electrons. The highest BCUT2D eigenvalue weighted by molar-refractivity contribution is 7.89. The van der Waals surface area contributed by atoms with Crippen LogP contribution in [0.4, 0.5) is 4.39 Å². The Kier molecular flexibility index (Phi) is 4.43. The van der Waals surface area contributed by atoms with Crippen molar-refractivity contribution in [2.45, 2.75) is 36.7 Å². The Morgan fingerprint density at radius 2 is 2.25 bits per heavy atom. The Morgan fingerprint density at radius 1 is 1.50 bits per heavy atom. The molecule has 1 aromatic rings. The molecule has 1 heterocycles. The Balaban J connectivity index is 2.26. The van der Waals surface area contributed by atoms with Crippen LogP contribution in [0.3, 0.4) is 0 Å². The van der Waals surface area contributed by atoms with E-state index in [1.165, 1.54) is 12.1 Å². The summed E-state index contributed by atoms with van der Waals surface area (Å²) >= 11 is 0. The highest BCUT2D eigenvalue weighted by Gasteiger charge is 2.33. The van der Waals surface area contributed by atoms with Gasteiger partial charge in [0.15, 0.2) is 0 Å². The van der Waals surface area contributed by atoms with Crippen molar-refractivity contribution in [3.05, 3.63) is 29.6 Å². The largest absolute Gasteiger partial charge is 0.380 e. The van der Waals surface area contributed by atoms with E-state index in [1.807, 2.05) is 0 Å². The first kappa shape index (κ1) is 15.4. The van der Waals surface area contributed by atoms with Crippen molar-refractivity contribution in [1.82, 2.24) is 4.72 Å². The van der Waals surface area contributed by atoms with Crippen LogP contribution in [0.2, 0.25) is 0 Å². The summed E-state index contributed by atoms with van der Waals surface area (Å²) in [6, 6.07) is 3.63. The number of benzene rings is 1. The minimum absolute atomic E-state index is 0.0196. The monoisotopic (exact) mass is 302 g/mol. The normalized spacial score (nSPS) is 23.8. The summed E-state index contributed by atoms with van der Waals surface area (Å²) in [4.78, 5) is 0.0196. The fourth-order valence-electron chi connectivity index (χ4n) is 2.27. The van der Waals surface area contributed by atoms with E-state index in [0.717, 1.165) is 12.5 Å². The van der Waals surface area contributed by atoms with Crippen LogP contribution in [-0.2, 0) is 21.3 Å². The van der Waals surface area contributed by atoms with Crippen LogP contribution in [0.25, 0.3) is 0 Å². The van der Waals surface area contributed by atoms with Crippen LogP contribution in [-0.4, -0.2) is 27.2 Å². The second-order valence-electron chi connectivity index (χ2n) is 5.28. The first-order valence-electron chi connectivity index (χ1n) is 6.46. The molecule has 0 saturated carbocycles. The Morgan fingerprint density at radius 3 is 2.85 bits per heavy atom. The van der Waals surface area contributed by atoms with Gasteiger partial charge in [0.25, 0.3) is 0 Å². The molecule has 0 amide bonds. The van der Waals surface area contributed by atoms with Gasteiger partial charge in [0.05, 0.1) is 17.0 Å². The third-order valence-corrected chi connectivity index (χ3v) is 5.00. The number of hydrogen-bond acceptors (Lipinski definition) is 4. The topological polar surface area (TPSA) is 81.4 Å². The quantitative estimate of drug-likeness (QED) is 0.873. The van der Waals surface area contributed by atoms with Crippen molar-refractivity contribution in [2.24, 2.45) is 5.73 Å². The Bertz CT molecular complexity index is 583. The number of ether oxygens (including phenoxy) is 1. The molecule has 0 aromatic heterocycles. The van der Waals surface area contributed by atoms with Crippen molar-refractivity contribution in [3.8, 4) is 0 Å². The maximum Gasteiger partial charge on any atom is 0.241 e. The van der Waals surface area contributed by atoms with Gasteiger partial charge < -0.3 is 10.5 Å². The fourth-order valence-corrected chi connectivity index (χ4v) is 3.74. The molecule has 2 rings (SSSR count). The van der Waals surface area contributed by atoms with E-state index in [-0.39, 0.29) is 17.0 Å². The minimum atomic E-state index is -3.72. The molecule has 5 nitrogen and oxygen atoms in total. The molecule has 1 fully saturated rings. The second-order valence-corrected chi connectivity index (χ2v) is 6.96.